The molecule has 0 saturated heterocycles. The van der Waals surface area contributed by atoms with Crippen LogP contribution in [0.2, 0.25) is 0 Å². The number of hydrogen-bond donors (Lipinski definition) is 1. The Hall–Kier alpha value is -2.03. The van der Waals surface area contributed by atoms with Crippen LogP contribution >= 0.6 is 0 Å². The molecule has 3 heteroatoms. The van der Waals surface area contributed by atoms with Crippen molar-refractivity contribution in [2.24, 2.45) is 0 Å². The molecule has 20 heavy (non-hydrogen) atoms. The maximum atomic E-state index is 12.3. The highest BCUT2D eigenvalue weighted by molar-refractivity contribution is 5.95. The molecule has 0 aliphatic carbocycles. The van der Waals surface area contributed by atoms with Crippen molar-refractivity contribution in [1.82, 2.24) is 5.32 Å². The molecule has 1 aromatic heterocycles. The molecule has 0 saturated carbocycles. The first-order valence-electron chi connectivity index (χ1n) is 6.95. The zero-order valence-electron chi connectivity index (χ0n) is 12.5. The zero-order chi connectivity index (χ0) is 14.7. The van der Waals surface area contributed by atoms with Gasteiger partial charge < -0.3 is 9.73 Å². The topological polar surface area (TPSA) is 42.2 Å². The van der Waals surface area contributed by atoms with Gasteiger partial charge in [0.25, 0.3) is 5.91 Å². The van der Waals surface area contributed by atoms with E-state index in [4.69, 9.17) is 4.42 Å². The van der Waals surface area contributed by atoms with Gasteiger partial charge in [-0.15, -0.1) is 0 Å². The Balaban J connectivity index is 2.16. The Morgan fingerprint density at radius 1 is 1.20 bits per heavy atom. The molecule has 0 fully saturated rings. The fourth-order valence-corrected chi connectivity index (χ4v) is 2.31. The Labute approximate surface area is 120 Å². The molecule has 0 spiro atoms. The van der Waals surface area contributed by atoms with Gasteiger partial charge in [0.2, 0.25) is 0 Å². The van der Waals surface area contributed by atoms with Gasteiger partial charge in [0.05, 0.1) is 11.6 Å². The van der Waals surface area contributed by atoms with Gasteiger partial charge in [0.1, 0.15) is 11.5 Å². The minimum absolute atomic E-state index is 0.0257. The fourth-order valence-electron chi connectivity index (χ4n) is 2.31. The Kier molecular flexibility index (Phi) is 4.28. The lowest BCUT2D eigenvalue weighted by molar-refractivity contribution is 0.0934. The van der Waals surface area contributed by atoms with Crippen LogP contribution < -0.4 is 5.32 Å². The standard InChI is InChI=1S/C17H21NO2/c1-5-16(14-8-6-11(2)7-9-14)18-17(19)15-10-12(3)20-13(15)4/h6-10,16H,5H2,1-4H3,(H,18,19). The first kappa shape index (κ1) is 14.4. The van der Waals surface area contributed by atoms with Gasteiger partial charge in [-0.3, -0.25) is 4.79 Å². The fraction of sp³-hybridized carbons (Fsp3) is 0.353. The van der Waals surface area contributed by atoms with Crippen LogP contribution in [-0.2, 0) is 0 Å². The van der Waals surface area contributed by atoms with Crippen LogP contribution in [0.5, 0.6) is 0 Å². The summed E-state index contributed by atoms with van der Waals surface area (Å²) in [5.41, 5.74) is 2.97. The average Bonchev–Trinajstić information content (AvgIpc) is 2.76. The van der Waals surface area contributed by atoms with E-state index in [0.717, 1.165) is 17.7 Å². The number of carbonyl (C=O) groups is 1. The zero-order valence-corrected chi connectivity index (χ0v) is 12.5. The summed E-state index contributed by atoms with van der Waals surface area (Å²) in [7, 11) is 0. The van der Waals surface area contributed by atoms with E-state index >= 15 is 0 Å². The normalized spacial score (nSPS) is 12.2. The molecule has 1 amide bonds. The number of amides is 1. The summed E-state index contributed by atoms with van der Waals surface area (Å²) in [5, 5.41) is 3.07. The first-order chi connectivity index (χ1) is 9.51. The summed E-state index contributed by atoms with van der Waals surface area (Å²) >= 11 is 0. The molecule has 106 valence electrons. The SMILES string of the molecule is CCC(NC(=O)c1cc(C)oc1C)c1ccc(C)cc1. The second-order valence-corrected chi connectivity index (χ2v) is 5.17. The molecule has 1 N–H and O–H groups in total. The van der Waals surface area contributed by atoms with Crippen LogP contribution in [0, 0.1) is 20.8 Å². The molecule has 0 aliphatic rings. The van der Waals surface area contributed by atoms with Gasteiger partial charge in [0, 0.05) is 0 Å². The lowest BCUT2D eigenvalue weighted by Gasteiger charge is -2.17. The van der Waals surface area contributed by atoms with Crippen LogP contribution in [0.15, 0.2) is 34.7 Å². The van der Waals surface area contributed by atoms with Crippen LogP contribution in [-0.4, -0.2) is 5.91 Å². The Bertz CT molecular complexity index is 596. The molecule has 2 rings (SSSR count). The van der Waals surface area contributed by atoms with Crippen molar-refractivity contribution < 1.29 is 9.21 Å². The van der Waals surface area contributed by atoms with E-state index in [0.29, 0.717) is 11.3 Å². The Morgan fingerprint density at radius 3 is 2.35 bits per heavy atom. The molecule has 0 aliphatic heterocycles. The molecule has 2 aromatic rings. The number of aryl methyl sites for hydroxylation is 3. The van der Waals surface area contributed by atoms with Gasteiger partial charge >= 0.3 is 0 Å². The smallest absolute Gasteiger partial charge is 0.255 e. The van der Waals surface area contributed by atoms with Crippen molar-refractivity contribution >= 4 is 5.91 Å². The van der Waals surface area contributed by atoms with E-state index in [-0.39, 0.29) is 11.9 Å². The number of furan rings is 1. The lowest BCUT2D eigenvalue weighted by Crippen LogP contribution is -2.28. The van der Waals surface area contributed by atoms with Crippen LogP contribution in [0.4, 0.5) is 0 Å². The van der Waals surface area contributed by atoms with E-state index < -0.39 is 0 Å². The summed E-state index contributed by atoms with van der Waals surface area (Å²) in [5.74, 6) is 1.35. The summed E-state index contributed by atoms with van der Waals surface area (Å²) in [6.45, 7) is 7.79. The average molecular weight is 271 g/mol. The second kappa shape index (κ2) is 5.95. The van der Waals surface area contributed by atoms with Crippen LogP contribution in [0.25, 0.3) is 0 Å². The molecular formula is C17H21NO2. The third kappa shape index (κ3) is 3.10. The first-order valence-corrected chi connectivity index (χ1v) is 6.95. The third-order valence-corrected chi connectivity index (χ3v) is 3.48. The summed E-state index contributed by atoms with van der Waals surface area (Å²) in [6.07, 6.45) is 0.852. The quantitative estimate of drug-likeness (QED) is 0.910. The highest BCUT2D eigenvalue weighted by atomic mass is 16.3. The van der Waals surface area contributed by atoms with Crippen molar-refractivity contribution in [3.63, 3.8) is 0 Å². The predicted molar refractivity (Wildman–Crippen MR) is 79.9 cm³/mol. The second-order valence-electron chi connectivity index (χ2n) is 5.17. The third-order valence-electron chi connectivity index (χ3n) is 3.48. The number of benzene rings is 1. The largest absolute Gasteiger partial charge is 0.466 e. The highest BCUT2D eigenvalue weighted by Gasteiger charge is 2.17. The minimum Gasteiger partial charge on any atom is -0.466 e. The number of rotatable bonds is 4. The molecule has 0 bridgehead atoms. The maximum Gasteiger partial charge on any atom is 0.255 e. The number of carbonyl (C=O) groups excluding carboxylic acids is 1. The van der Waals surface area contributed by atoms with E-state index in [2.05, 4.69) is 43.4 Å². The van der Waals surface area contributed by atoms with Crippen molar-refractivity contribution in [2.75, 3.05) is 0 Å². The number of hydrogen-bond acceptors (Lipinski definition) is 2. The van der Waals surface area contributed by atoms with Crippen molar-refractivity contribution in [3.05, 3.63) is 58.5 Å². The van der Waals surface area contributed by atoms with Crippen molar-refractivity contribution in [3.8, 4) is 0 Å². The molecule has 1 aromatic carbocycles. The van der Waals surface area contributed by atoms with Crippen LogP contribution in [0.1, 0.15) is 52.4 Å². The molecular weight excluding hydrogens is 250 g/mol. The number of nitrogens with one attached hydrogen (secondary N) is 1. The van der Waals surface area contributed by atoms with Gasteiger partial charge in [-0.2, -0.15) is 0 Å². The van der Waals surface area contributed by atoms with Crippen molar-refractivity contribution in [1.29, 1.82) is 0 Å². The van der Waals surface area contributed by atoms with E-state index in [1.807, 2.05) is 13.8 Å². The Morgan fingerprint density at radius 2 is 1.85 bits per heavy atom. The predicted octanol–water partition coefficient (Wildman–Crippen LogP) is 4.09. The minimum atomic E-state index is -0.0771. The maximum absolute atomic E-state index is 12.3. The van der Waals surface area contributed by atoms with E-state index in [1.54, 1.807) is 6.07 Å². The molecule has 1 heterocycles. The molecule has 0 radical (unpaired) electrons. The van der Waals surface area contributed by atoms with Gasteiger partial charge in [-0.05, 0) is 38.8 Å². The highest BCUT2D eigenvalue weighted by Crippen LogP contribution is 2.20. The summed E-state index contributed by atoms with van der Waals surface area (Å²) in [6, 6.07) is 10.1. The van der Waals surface area contributed by atoms with Crippen molar-refractivity contribution in [2.45, 2.75) is 40.2 Å². The van der Waals surface area contributed by atoms with Gasteiger partial charge in [-0.25, -0.2) is 0 Å². The monoisotopic (exact) mass is 271 g/mol. The molecule has 1 atom stereocenters. The lowest BCUT2D eigenvalue weighted by atomic mass is 10.0. The molecule has 1 unspecified atom stereocenters. The summed E-state index contributed by atoms with van der Waals surface area (Å²) in [4.78, 5) is 12.3. The van der Waals surface area contributed by atoms with E-state index in [1.165, 1.54) is 5.56 Å². The van der Waals surface area contributed by atoms with Crippen LogP contribution in [0.3, 0.4) is 0 Å². The van der Waals surface area contributed by atoms with Gasteiger partial charge in [0.15, 0.2) is 0 Å². The summed E-state index contributed by atoms with van der Waals surface area (Å²) < 4.78 is 5.41. The van der Waals surface area contributed by atoms with E-state index in [9.17, 15) is 4.79 Å². The van der Waals surface area contributed by atoms with Gasteiger partial charge in [-0.1, -0.05) is 36.8 Å². The molecule has 3 nitrogen and oxygen atoms in total.